The Morgan fingerprint density at radius 2 is 2.25 bits per heavy atom. The fraction of sp³-hybridized carbons (Fsp3) is 0.583. The second-order valence-corrected chi connectivity index (χ2v) is 4.46. The van der Waals surface area contributed by atoms with Crippen molar-refractivity contribution in [2.24, 2.45) is 11.7 Å². The zero-order valence-electron chi connectivity index (χ0n) is 9.48. The van der Waals surface area contributed by atoms with Gasteiger partial charge in [0.15, 0.2) is 5.78 Å². The van der Waals surface area contributed by atoms with Crippen molar-refractivity contribution < 1.29 is 4.79 Å². The maximum absolute atomic E-state index is 11.8. The van der Waals surface area contributed by atoms with Gasteiger partial charge >= 0.3 is 0 Å². The number of ketones is 1. The monoisotopic (exact) mass is 221 g/mol. The van der Waals surface area contributed by atoms with Crippen molar-refractivity contribution in [2.45, 2.75) is 12.8 Å². The molecule has 0 bridgehead atoms. The summed E-state index contributed by atoms with van der Waals surface area (Å²) >= 11 is 0. The summed E-state index contributed by atoms with van der Waals surface area (Å²) < 4.78 is 0. The first kappa shape index (κ1) is 11.4. The molecule has 88 valence electrons. The first-order chi connectivity index (χ1) is 7.79. The van der Waals surface area contributed by atoms with Gasteiger partial charge in [0.1, 0.15) is 0 Å². The minimum Gasteiger partial charge on any atom is -0.359 e. The lowest BCUT2D eigenvalue weighted by Gasteiger charge is -2.30. The summed E-state index contributed by atoms with van der Waals surface area (Å²) in [5.41, 5.74) is 6.35. The molecule has 0 spiro atoms. The minimum atomic E-state index is 0.177. The molecule has 2 rings (SSSR count). The lowest BCUT2D eigenvalue weighted by molar-refractivity contribution is 0.0893. The largest absolute Gasteiger partial charge is 0.359 e. The molecular formula is C12H19N3O. The van der Waals surface area contributed by atoms with Crippen molar-refractivity contribution in [3.8, 4) is 0 Å². The van der Waals surface area contributed by atoms with E-state index in [1.807, 2.05) is 12.1 Å². The van der Waals surface area contributed by atoms with Crippen LogP contribution in [0.5, 0.6) is 0 Å². The quantitative estimate of drug-likeness (QED) is 0.742. The lowest BCUT2D eigenvalue weighted by atomic mass is 9.97. The number of nitrogens with zero attached hydrogens (tertiary/aromatic N) is 1. The molecular weight excluding hydrogens is 202 g/mol. The number of hydrogen-bond donors (Lipinski definition) is 2. The van der Waals surface area contributed by atoms with E-state index < -0.39 is 0 Å². The molecule has 0 radical (unpaired) electrons. The van der Waals surface area contributed by atoms with Gasteiger partial charge < -0.3 is 10.7 Å². The van der Waals surface area contributed by atoms with Crippen LogP contribution in [-0.2, 0) is 0 Å². The van der Waals surface area contributed by atoms with Gasteiger partial charge in [-0.15, -0.1) is 0 Å². The van der Waals surface area contributed by atoms with Crippen molar-refractivity contribution >= 4 is 5.78 Å². The summed E-state index contributed by atoms with van der Waals surface area (Å²) in [5.74, 6) is 0.827. The van der Waals surface area contributed by atoms with Gasteiger partial charge in [-0.05, 0) is 50.5 Å². The van der Waals surface area contributed by atoms with E-state index in [9.17, 15) is 4.79 Å². The molecule has 4 nitrogen and oxygen atoms in total. The van der Waals surface area contributed by atoms with Crippen LogP contribution in [0.2, 0.25) is 0 Å². The molecule has 4 heteroatoms. The Bertz CT molecular complexity index is 326. The molecule has 1 fully saturated rings. The van der Waals surface area contributed by atoms with Crippen molar-refractivity contribution in [3.05, 3.63) is 24.0 Å². The number of nitrogens with two attached hydrogens (primary N) is 1. The Hall–Kier alpha value is -1.13. The molecule has 1 aliphatic rings. The van der Waals surface area contributed by atoms with Crippen LogP contribution in [0.4, 0.5) is 0 Å². The summed E-state index contributed by atoms with van der Waals surface area (Å²) in [6, 6.07) is 3.68. The zero-order valence-corrected chi connectivity index (χ0v) is 9.48. The average Bonchev–Trinajstić information content (AvgIpc) is 2.83. The van der Waals surface area contributed by atoms with Crippen LogP contribution in [0.3, 0.4) is 0 Å². The molecule has 0 unspecified atom stereocenters. The Kier molecular flexibility index (Phi) is 3.74. The zero-order chi connectivity index (χ0) is 11.4. The average molecular weight is 221 g/mol. The molecule has 0 aromatic carbocycles. The molecule has 1 aliphatic heterocycles. The minimum absolute atomic E-state index is 0.177. The highest BCUT2D eigenvalue weighted by atomic mass is 16.1. The van der Waals surface area contributed by atoms with Gasteiger partial charge in [0.05, 0.1) is 12.2 Å². The number of aromatic nitrogens is 1. The highest BCUT2D eigenvalue weighted by molar-refractivity contribution is 5.95. The van der Waals surface area contributed by atoms with E-state index in [4.69, 9.17) is 5.73 Å². The molecule has 0 saturated carbocycles. The van der Waals surface area contributed by atoms with Crippen LogP contribution in [0.25, 0.3) is 0 Å². The molecule has 3 N–H and O–H groups in total. The number of rotatable bonds is 4. The summed E-state index contributed by atoms with van der Waals surface area (Å²) in [7, 11) is 0. The molecule has 2 heterocycles. The van der Waals surface area contributed by atoms with Crippen LogP contribution in [0, 0.1) is 5.92 Å². The third-order valence-corrected chi connectivity index (χ3v) is 3.31. The first-order valence-corrected chi connectivity index (χ1v) is 5.88. The molecule has 0 aliphatic carbocycles. The fourth-order valence-electron chi connectivity index (χ4n) is 2.17. The standard InChI is InChI=1S/C12H19N3O/c13-8-10-3-6-15(7-4-10)9-12(16)11-2-1-5-14-11/h1-2,5,10,14H,3-4,6-9,13H2. The second-order valence-electron chi connectivity index (χ2n) is 4.46. The SMILES string of the molecule is NCC1CCN(CC(=O)c2ccc[nH]2)CC1. The predicted molar refractivity (Wildman–Crippen MR) is 63.3 cm³/mol. The van der Waals surface area contributed by atoms with Gasteiger partial charge in [0.2, 0.25) is 0 Å². The topological polar surface area (TPSA) is 62.1 Å². The second kappa shape index (κ2) is 5.27. The third kappa shape index (κ3) is 2.71. The number of hydrogen-bond acceptors (Lipinski definition) is 3. The Morgan fingerprint density at radius 3 is 2.81 bits per heavy atom. The van der Waals surface area contributed by atoms with E-state index in [1.54, 1.807) is 6.20 Å². The number of carbonyl (C=O) groups excluding carboxylic acids is 1. The number of H-pyrrole nitrogens is 1. The Morgan fingerprint density at radius 1 is 1.50 bits per heavy atom. The number of likely N-dealkylation sites (tertiary alicyclic amines) is 1. The summed E-state index contributed by atoms with van der Waals surface area (Å²) in [5, 5.41) is 0. The smallest absolute Gasteiger partial charge is 0.192 e. The molecule has 1 aromatic rings. The van der Waals surface area contributed by atoms with E-state index in [2.05, 4.69) is 9.88 Å². The maximum Gasteiger partial charge on any atom is 0.192 e. The summed E-state index contributed by atoms with van der Waals surface area (Å²) in [6.45, 7) is 3.29. The number of aromatic amines is 1. The first-order valence-electron chi connectivity index (χ1n) is 5.88. The van der Waals surface area contributed by atoms with E-state index in [0.29, 0.717) is 18.2 Å². The van der Waals surface area contributed by atoms with Crippen molar-refractivity contribution in [3.63, 3.8) is 0 Å². The van der Waals surface area contributed by atoms with Crippen LogP contribution in [-0.4, -0.2) is 41.8 Å². The van der Waals surface area contributed by atoms with Gasteiger partial charge in [0, 0.05) is 6.20 Å². The molecule has 16 heavy (non-hydrogen) atoms. The Labute approximate surface area is 95.8 Å². The van der Waals surface area contributed by atoms with Gasteiger partial charge in [-0.2, -0.15) is 0 Å². The van der Waals surface area contributed by atoms with Gasteiger partial charge in [-0.1, -0.05) is 0 Å². The van der Waals surface area contributed by atoms with Crippen LogP contribution >= 0.6 is 0 Å². The highest BCUT2D eigenvalue weighted by Gasteiger charge is 2.20. The third-order valence-electron chi connectivity index (χ3n) is 3.31. The lowest BCUT2D eigenvalue weighted by Crippen LogP contribution is -2.39. The summed E-state index contributed by atoms with van der Waals surface area (Å²) in [6.07, 6.45) is 4.02. The predicted octanol–water partition coefficient (Wildman–Crippen LogP) is 0.868. The number of nitrogens with one attached hydrogen (secondary N) is 1. The molecule has 1 aromatic heterocycles. The van der Waals surface area contributed by atoms with E-state index in [-0.39, 0.29) is 5.78 Å². The number of piperidine rings is 1. The van der Waals surface area contributed by atoms with Gasteiger partial charge in [-0.3, -0.25) is 9.69 Å². The van der Waals surface area contributed by atoms with Crippen molar-refractivity contribution in [1.29, 1.82) is 0 Å². The van der Waals surface area contributed by atoms with Gasteiger partial charge in [0.25, 0.3) is 0 Å². The van der Waals surface area contributed by atoms with Gasteiger partial charge in [-0.25, -0.2) is 0 Å². The van der Waals surface area contributed by atoms with E-state index in [1.165, 1.54) is 0 Å². The molecule has 1 saturated heterocycles. The normalized spacial score (nSPS) is 18.8. The molecule has 0 atom stereocenters. The Balaban J connectivity index is 1.81. The number of carbonyl (C=O) groups is 1. The molecule has 0 amide bonds. The maximum atomic E-state index is 11.8. The van der Waals surface area contributed by atoms with Crippen LogP contribution in [0.1, 0.15) is 23.3 Å². The number of Topliss-reactive ketones (excluding diaryl/α,β-unsaturated/α-hetero) is 1. The fourth-order valence-corrected chi connectivity index (χ4v) is 2.17. The highest BCUT2D eigenvalue weighted by Crippen LogP contribution is 2.15. The van der Waals surface area contributed by atoms with Crippen molar-refractivity contribution in [2.75, 3.05) is 26.2 Å². The summed E-state index contributed by atoms with van der Waals surface area (Å²) in [4.78, 5) is 17.0. The van der Waals surface area contributed by atoms with Crippen LogP contribution < -0.4 is 5.73 Å². The van der Waals surface area contributed by atoms with Crippen LogP contribution in [0.15, 0.2) is 18.3 Å². The van der Waals surface area contributed by atoms with E-state index in [0.717, 1.165) is 32.5 Å². The van der Waals surface area contributed by atoms with Crippen molar-refractivity contribution in [1.82, 2.24) is 9.88 Å². The van der Waals surface area contributed by atoms with E-state index >= 15 is 0 Å².